The molecule has 3 aromatic rings. The fraction of sp³-hybridized carbons (Fsp3) is 0.235. The van der Waals surface area contributed by atoms with E-state index in [9.17, 15) is 12.8 Å². The van der Waals surface area contributed by atoms with Crippen molar-refractivity contribution in [3.8, 4) is 11.3 Å². The highest BCUT2D eigenvalue weighted by Gasteiger charge is 2.32. The molecule has 1 atom stereocenters. The molecule has 1 aromatic carbocycles. The third kappa shape index (κ3) is 2.36. The molecule has 0 fully saturated rings. The predicted octanol–water partition coefficient (Wildman–Crippen LogP) is 2.85. The molecule has 1 unspecified atom stereocenters. The summed E-state index contributed by atoms with van der Waals surface area (Å²) in [4.78, 5) is 4.50. The van der Waals surface area contributed by atoms with Crippen molar-refractivity contribution in [2.75, 3.05) is 10.6 Å². The van der Waals surface area contributed by atoms with Crippen LogP contribution in [-0.4, -0.2) is 30.1 Å². The van der Waals surface area contributed by atoms with Gasteiger partial charge in [0.25, 0.3) is 0 Å². The van der Waals surface area contributed by atoms with Gasteiger partial charge in [-0.25, -0.2) is 17.8 Å². The van der Waals surface area contributed by atoms with E-state index in [0.29, 0.717) is 12.1 Å². The molecule has 0 N–H and O–H groups in total. The number of hydrogen-bond acceptors (Lipinski definition) is 3. The monoisotopic (exact) mass is 345 g/mol. The Balaban J connectivity index is 1.80. The number of anilines is 1. The second kappa shape index (κ2) is 5.04. The number of nitrogens with zero attached hydrogens (tertiary/aromatic N) is 3. The van der Waals surface area contributed by atoms with Crippen molar-refractivity contribution in [2.45, 2.75) is 19.4 Å². The highest BCUT2D eigenvalue weighted by atomic mass is 32.2. The highest BCUT2D eigenvalue weighted by Crippen LogP contribution is 2.36. The first-order valence-electron chi connectivity index (χ1n) is 7.60. The average molecular weight is 345 g/mol. The quantitative estimate of drug-likeness (QED) is 0.718. The SMILES string of the molecule is CC1Cc2cc(-c3cn4cc(F)ccc4n3)ccc2N1S(C)(=O)=O. The Bertz CT molecular complexity index is 1060. The Morgan fingerprint density at radius 2 is 2.00 bits per heavy atom. The average Bonchev–Trinajstić information content (AvgIpc) is 3.04. The number of imidazole rings is 1. The minimum atomic E-state index is -3.30. The van der Waals surface area contributed by atoms with Gasteiger partial charge in [0.2, 0.25) is 10.0 Å². The predicted molar refractivity (Wildman–Crippen MR) is 91.1 cm³/mol. The fourth-order valence-corrected chi connectivity index (χ4v) is 4.63. The van der Waals surface area contributed by atoms with Gasteiger partial charge in [0.15, 0.2) is 0 Å². The van der Waals surface area contributed by atoms with Crippen molar-refractivity contribution in [3.05, 3.63) is 54.1 Å². The van der Waals surface area contributed by atoms with Gasteiger partial charge in [0.1, 0.15) is 11.5 Å². The number of hydrogen-bond donors (Lipinski definition) is 0. The molecule has 3 heterocycles. The van der Waals surface area contributed by atoms with Crippen molar-refractivity contribution < 1.29 is 12.8 Å². The number of benzene rings is 1. The van der Waals surface area contributed by atoms with Gasteiger partial charge in [-0.15, -0.1) is 0 Å². The van der Waals surface area contributed by atoms with Crippen LogP contribution in [0, 0.1) is 5.82 Å². The summed E-state index contributed by atoms with van der Waals surface area (Å²) < 4.78 is 40.4. The molecular formula is C17H16FN3O2S. The molecule has 2 aromatic heterocycles. The van der Waals surface area contributed by atoms with Crippen LogP contribution in [0.25, 0.3) is 16.9 Å². The zero-order valence-corrected chi connectivity index (χ0v) is 14.1. The van der Waals surface area contributed by atoms with Crippen molar-refractivity contribution in [1.82, 2.24) is 9.38 Å². The first-order valence-corrected chi connectivity index (χ1v) is 9.45. The Hall–Kier alpha value is -2.41. The van der Waals surface area contributed by atoms with E-state index in [4.69, 9.17) is 0 Å². The molecule has 124 valence electrons. The van der Waals surface area contributed by atoms with E-state index in [1.54, 1.807) is 16.7 Å². The van der Waals surface area contributed by atoms with Crippen molar-refractivity contribution in [2.24, 2.45) is 0 Å². The molecule has 1 aliphatic rings. The van der Waals surface area contributed by atoms with Gasteiger partial charge in [-0.1, -0.05) is 6.07 Å². The van der Waals surface area contributed by atoms with Crippen molar-refractivity contribution in [3.63, 3.8) is 0 Å². The van der Waals surface area contributed by atoms with Crippen LogP contribution in [-0.2, 0) is 16.4 Å². The maximum Gasteiger partial charge on any atom is 0.232 e. The molecule has 5 nitrogen and oxygen atoms in total. The Kier molecular flexibility index (Phi) is 3.18. The van der Waals surface area contributed by atoms with Crippen LogP contribution in [0.3, 0.4) is 0 Å². The fourth-order valence-electron chi connectivity index (χ4n) is 3.37. The third-order valence-electron chi connectivity index (χ3n) is 4.30. The summed E-state index contributed by atoms with van der Waals surface area (Å²) in [6.45, 7) is 1.90. The van der Waals surface area contributed by atoms with E-state index >= 15 is 0 Å². The Morgan fingerprint density at radius 3 is 2.75 bits per heavy atom. The molecule has 0 amide bonds. The minimum Gasteiger partial charge on any atom is -0.304 e. The molecule has 0 spiro atoms. The van der Waals surface area contributed by atoms with E-state index in [-0.39, 0.29) is 11.9 Å². The maximum atomic E-state index is 13.3. The normalized spacial score (nSPS) is 17.5. The van der Waals surface area contributed by atoms with E-state index < -0.39 is 10.0 Å². The number of pyridine rings is 1. The number of rotatable bonds is 2. The van der Waals surface area contributed by atoms with E-state index in [2.05, 4.69) is 4.98 Å². The van der Waals surface area contributed by atoms with Crippen LogP contribution in [0.1, 0.15) is 12.5 Å². The summed E-state index contributed by atoms with van der Waals surface area (Å²) in [6.07, 6.45) is 5.04. The van der Waals surface area contributed by atoms with Gasteiger partial charge in [0, 0.05) is 24.0 Å². The van der Waals surface area contributed by atoms with Crippen LogP contribution in [0.2, 0.25) is 0 Å². The second-order valence-corrected chi connectivity index (χ2v) is 8.05. The highest BCUT2D eigenvalue weighted by molar-refractivity contribution is 7.92. The topological polar surface area (TPSA) is 54.7 Å². The van der Waals surface area contributed by atoms with E-state index in [0.717, 1.165) is 22.5 Å². The largest absolute Gasteiger partial charge is 0.304 e. The molecular weight excluding hydrogens is 329 g/mol. The minimum absolute atomic E-state index is 0.0968. The van der Waals surface area contributed by atoms with Gasteiger partial charge in [-0.05, 0) is 43.2 Å². The molecule has 0 radical (unpaired) electrons. The standard InChI is InChI=1S/C17H16FN3O2S/c1-11-7-13-8-12(3-5-16(13)21(11)24(2,22)23)15-10-20-9-14(18)4-6-17(20)19-15/h3-6,8-11H,7H2,1-2H3. The molecule has 0 saturated heterocycles. The number of sulfonamides is 1. The van der Waals surface area contributed by atoms with Crippen molar-refractivity contribution >= 4 is 21.4 Å². The van der Waals surface area contributed by atoms with E-state index in [1.807, 2.05) is 25.1 Å². The molecule has 0 saturated carbocycles. The molecule has 7 heteroatoms. The second-order valence-electron chi connectivity index (χ2n) is 6.19. The smallest absolute Gasteiger partial charge is 0.232 e. The molecule has 24 heavy (non-hydrogen) atoms. The van der Waals surface area contributed by atoms with Crippen LogP contribution in [0.15, 0.2) is 42.7 Å². The molecule has 0 bridgehead atoms. The Labute approximate surface area is 139 Å². The summed E-state index contributed by atoms with van der Waals surface area (Å²) >= 11 is 0. The molecule has 4 rings (SSSR count). The molecule has 0 aliphatic carbocycles. The molecule has 1 aliphatic heterocycles. The van der Waals surface area contributed by atoms with Gasteiger partial charge >= 0.3 is 0 Å². The zero-order valence-electron chi connectivity index (χ0n) is 13.3. The maximum absolute atomic E-state index is 13.3. The van der Waals surface area contributed by atoms with Gasteiger partial charge in [-0.2, -0.15) is 0 Å². The van der Waals surface area contributed by atoms with Gasteiger partial charge in [-0.3, -0.25) is 4.31 Å². The lowest BCUT2D eigenvalue weighted by atomic mass is 10.1. The number of aromatic nitrogens is 2. The van der Waals surface area contributed by atoms with Crippen LogP contribution in [0.4, 0.5) is 10.1 Å². The summed E-state index contributed by atoms with van der Waals surface area (Å²) in [5.41, 5.74) is 3.99. The van der Waals surface area contributed by atoms with Gasteiger partial charge < -0.3 is 4.40 Å². The van der Waals surface area contributed by atoms with Crippen molar-refractivity contribution in [1.29, 1.82) is 0 Å². The Morgan fingerprint density at radius 1 is 1.21 bits per heavy atom. The summed E-state index contributed by atoms with van der Waals surface area (Å²) in [7, 11) is -3.30. The lowest BCUT2D eigenvalue weighted by Gasteiger charge is -2.21. The number of halogens is 1. The lowest BCUT2D eigenvalue weighted by molar-refractivity contribution is 0.590. The van der Waals surface area contributed by atoms with Crippen LogP contribution in [0.5, 0.6) is 0 Å². The number of fused-ring (bicyclic) bond motifs is 2. The summed E-state index contributed by atoms with van der Waals surface area (Å²) in [5, 5.41) is 0. The summed E-state index contributed by atoms with van der Waals surface area (Å²) in [5.74, 6) is -0.321. The third-order valence-corrected chi connectivity index (χ3v) is 5.57. The van der Waals surface area contributed by atoms with E-state index in [1.165, 1.54) is 22.8 Å². The first kappa shape index (κ1) is 15.1. The summed E-state index contributed by atoms with van der Waals surface area (Å²) in [6, 6.07) is 8.54. The van der Waals surface area contributed by atoms with Gasteiger partial charge in [0.05, 0.1) is 17.6 Å². The van der Waals surface area contributed by atoms with Crippen LogP contribution < -0.4 is 4.31 Å². The first-order chi connectivity index (χ1) is 11.3. The lowest BCUT2D eigenvalue weighted by Crippen LogP contribution is -2.34. The zero-order chi connectivity index (χ0) is 17.1. The van der Waals surface area contributed by atoms with Crippen LogP contribution >= 0.6 is 0 Å².